The van der Waals surface area contributed by atoms with E-state index < -0.39 is 0 Å². The first-order chi connectivity index (χ1) is 18.5. The highest BCUT2D eigenvalue weighted by molar-refractivity contribution is 5.72. The summed E-state index contributed by atoms with van der Waals surface area (Å²) in [5.41, 5.74) is 3.85. The quantitative estimate of drug-likeness (QED) is 0.347. The lowest BCUT2D eigenvalue weighted by molar-refractivity contribution is -0.147. The standard InChI is InChI=1S/C27H30N8O3/c1-17-23(38-20-11-7-10-19(14-20)26(36)37-3)13-12-21(31-17)24-22(35(2)34-33-24)15-28-27-30-16-29-25(32-27)18-8-5-4-6-9-18/h4-6,8-9,12-13,16,19-20H,7,10-11,14-15H2,1-3H3,(H,28,29,30,32)/t19-,20-/m0/s1. The second kappa shape index (κ2) is 11.3. The molecule has 196 valence electrons. The molecule has 1 aliphatic carbocycles. The van der Waals surface area contributed by atoms with Crippen LogP contribution >= 0.6 is 0 Å². The van der Waals surface area contributed by atoms with Gasteiger partial charge in [0.15, 0.2) is 5.82 Å². The van der Waals surface area contributed by atoms with Gasteiger partial charge in [-0.05, 0) is 44.7 Å². The van der Waals surface area contributed by atoms with Gasteiger partial charge in [-0.15, -0.1) is 5.10 Å². The van der Waals surface area contributed by atoms with Crippen LogP contribution in [0.2, 0.25) is 0 Å². The summed E-state index contributed by atoms with van der Waals surface area (Å²) in [5.74, 6) is 1.47. The van der Waals surface area contributed by atoms with E-state index in [2.05, 4.69) is 30.6 Å². The average Bonchev–Trinajstić information content (AvgIpc) is 3.33. The van der Waals surface area contributed by atoms with Gasteiger partial charge in [0.1, 0.15) is 17.8 Å². The van der Waals surface area contributed by atoms with Crippen LogP contribution in [0.4, 0.5) is 5.95 Å². The van der Waals surface area contributed by atoms with E-state index in [4.69, 9.17) is 14.5 Å². The molecule has 11 nitrogen and oxygen atoms in total. The molecule has 1 N–H and O–H groups in total. The van der Waals surface area contributed by atoms with Crippen molar-refractivity contribution in [2.24, 2.45) is 13.0 Å². The first kappa shape index (κ1) is 25.2. The summed E-state index contributed by atoms with van der Waals surface area (Å²) in [4.78, 5) is 29.8. The predicted molar refractivity (Wildman–Crippen MR) is 140 cm³/mol. The topological polar surface area (TPSA) is 130 Å². The number of aromatic nitrogens is 7. The van der Waals surface area contributed by atoms with Crippen molar-refractivity contribution in [3.05, 3.63) is 60.2 Å². The van der Waals surface area contributed by atoms with E-state index in [1.54, 1.807) is 4.68 Å². The Morgan fingerprint density at radius 3 is 2.74 bits per heavy atom. The molecular weight excluding hydrogens is 484 g/mol. The number of esters is 1. The third-order valence-corrected chi connectivity index (χ3v) is 6.69. The summed E-state index contributed by atoms with van der Waals surface area (Å²) in [6.45, 7) is 2.30. The number of methoxy groups -OCH3 is 1. The first-order valence-electron chi connectivity index (χ1n) is 12.6. The summed E-state index contributed by atoms with van der Waals surface area (Å²) >= 11 is 0. The Balaban J connectivity index is 1.29. The highest BCUT2D eigenvalue weighted by atomic mass is 16.5. The van der Waals surface area contributed by atoms with E-state index in [0.717, 1.165) is 36.2 Å². The lowest BCUT2D eigenvalue weighted by atomic mass is 9.87. The molecule has 1 aliphatic rings. The molecule has 0 amide bonds. The molecule has 1 saturated carbocycles. The van der Waals surface area contributed by atoms with Crippen LogP contribution in [0.15, 0.2) is 48.8 Å². The fourth-order valence-electron chi connectivity index (χ4n) is 4.66. The predicted octanol–water partition coefficient (Wildman–Crippen LogP) is 3.76. The Bertz CT molecular complexity index is 1410. The van der Waals surface area contributed by atoms with Crippen molar-refractivity contribution in [1.29, 1.82) is 0 Å². The van der Waals surface area contributed by atoms with Crippen LogP contribution in [0.3, 0.4) is 0 Å². The van der Waals surface area contributed by atoms with E-state index >= 15 is 0 Å². The minimum absolute atomic E-state index is 0.0448. The minimum Gasteiger partial charge on any atom is -0.489 e. The van der Waals surface area contributed by atoms with E-state index in [0.29, 0.717) is 41.9 Å². The average molecular weight is 515 g/mol. The van der Waals surface area contributed by atoms with Crippen LogP contribution in [-0.4, -0.2) is 54.1 Å². The Labute approximate surface area is 220 Å². The van der Waals surface area contributed by atoms with E-state index in [1.165, 1.54) is 13.4 Å². The van der Waals surface area contributed by atoms with Crippen LogP contribution in [0.5, 0.6) is 5.75 Å². The molecule has 2 atom stereocenters. The van der Waals surface area contributed by atoms with Gasteiger partial charge < -0.3 is 14.8 Å². The van der Waals surface area contributed by atoms with Crippen LogP contribution in [0.1, 0.15) is 37.1 Å². The normalized spacial score (nSPS) is 17.1. The zero-order valence-corrected chi connectivity index (χ0v) is 21.7. The zero-order valence-electron chi connectivity index (χ0n) is 21.7. The number of anilines is 1. The van der Waals surface area contributed by atoms with Crippen molar-refractivity contribution in [3.8, 4) is 28.5 Å². The fraction of sp³-hybridized carbons (Fsp3) is 0.370. The fourth-order valence-corrected chi connectivity index (χ4v) is 4.66. The Kier molecular flexibility index (Phi) is 7.52. The molecule has 0 bridgehead atoms. The molecule has 1 aromatic carbocycles. The number of aryl methyl sites for hydroxylation is 2. The third-order valence-electron chi connectivity index (χ3n) is 6.69. The van der Waals surface area contributed by atoms with Crippen molar-refractivity contribution in [2.75, 3.05) is 12.4 Å². The molecule has 0 radical (unpaired) electrons. The van der Waals surface area contributed by atoms with Gasteiger partial charge in [0.25, 0.3) is 0 Å². The molecule has 0 aliphatic heterocycles. The maximum absolute atomic E-state index is 12.0. The Hall–Kier alpha value is -4.41. The first-order valence-corrected chi connectivity index (χ1v) is 12.6. The number of nitrogens with zero attached hydrogens (tertiary/aromatic N) is 7. The monoisotopic (exact) mass is 514 g/mol. The minimum atomic E-state index is -0.166. The highest BCUT2D eigenvalue weighted by Gasteiger charge is 2.29. The van der Waals surface area contributed by atoms with Crippen molar-refractivity contribution in [3.63, 3.8) is 0 Å². The van der Waals surface area contributed by atoms with Crippen LogP contribution in [0, 0.1) is 12.8 Å². The number of carbonyl (C=O) groups excluding carboxylic acids is 1. The Morgan fingerprint density at radius 1 is 1.11 bits per heavy atom. The molecular formula is C27H30N8O3. The largest absolute Gasteiger partial charge is 0.489 e. The number of carbonyl (C=O) groups is 1. The maximum atomic E-state index is 12.0. The van der Waals surface area contributed by atoms with Crippen LogP contribution in [0.25, 0.3) is 22.8 Å². The van der Waals surface area contributed by atoms with Crippen molar-refractivity contribution in [1.82, 2.24) is 34.9 Å². The van der Waals surface area contributed by atoms with E-state index in [1.807, 2.05) is 56.4 Å². The lowest BCUT2D eigenvalue weighted by Gasteiger charge is -2.28. The third kappa shape index (κ3) is 5.61. The highest BCUT2D eigenvalue weighted by Crippen LogP contribution is 2.31. The van der Waals surface area contributed by atoms with Gasteiger partial charge in [-0.1, -0.05) is 35.5 Å². The summed E-state index contributed by atoms with van der Waals surface area (Å²) in [6, 6.07) is 13.5. The molecule has 5 rings (SSSR count). The number of nitrogens with one attached hydrogen (secondary N) is 1. The van der Waals surface area contributed by atoms with Crippen molar-refractivity contribution >= 4 is 11.9 Å². The molecule has 3 aromatic heterocycles. The van der Waals surface area contributed by atoms with Crippen molar-refractivity contribution in [2.45, 2.75) is 45.3 Å². The summed E-state index contributed by atoms with van der Waals surface area (Å²) in [7, 11) is 3.27. The SMILES string of the molecule is COC(=O)[C@H]1CCC[C@H](Oc2ccc(-c3nnn(C)c3CNc3ncnc(-c4ccccc4)n3)nc2C)C1. The number of benzene rings is 1. The van der Waals surface area contributed by atoms with Gasteiger partial charge in [-0.2, -0.15) is 4.98 Å². The van der Waals surface area contributed by atoms with Crippen molar-refractivity contribution < 1.29 is 14.3 Å². The molecule has 4 aromatic rings. The molecule has 0 saturated heterocycles. The number of rotatable bonds is 8. The number of pyridine rings is 1. The molecule has 0 unspecified atom stereocenters. The second-order valence-corrected chi connectivity index (χ2v) is 9.27. The molecule has 11 heteroatoms. The maximum Gasteiger partial charge on any atom is 0.308 e. The van der Waals surface area contributed by atoms with Gasteiger partial charge in [0.2, 0.25) is 5.95 Å². The number of hydrogen-bond donors (Lipinski definition) is 1. The van der Waals surface area contributed by atoms with Gasteiger partial charge in [0.05, 0.1) is 42.8 Å². The molecule has 3 heterocycles. The lowest BCUT2D eigenvalue weighted by Crippen LogP contribution is -2.30. The zero-order chi connectivity index (χ0) is 26.5. The summed E-state index contributed by atoms with van der Waals surface area (Å²) in [5, 5.41) is 11.8. The van der Waals surface area contributed by atoms with Crippen LogP contribution in [-0.2, 0) is 23.1 Å². The number of ether oxygens (including phenoxy) is 2. The number of hydrogen-bond acceptors (Lipinski definition) is 10. The summed E-state index contributed by atoms with van der Waals surface area (Å²) < 4.78 is 12.9. The smallest absolute Gasteiger partial charge is 0.308 e. The van der Waals surface area contributed by atoms with Gasteiger partial charge >= 0.3 is 5.97 Å². The molecule has 38 heavy (non-hydrogen) atoms. The van der Waals surface area contributed by atoms with Crippen LogP contribution < -0.4 is 10.1 Å². The second-order valence-electron chi connectivity index (χ2n) is 9.27. The van der Waals surface area contributed by atoms with Gasteiger partial charge in [-0.25, -0.2) is 19.6 Å². The van der Waals surface area contributed by atoms with E-state index in [-0.39, 0.29) is 18.0 Å². The molecule has 1 fully saturated rings. The van der Waals surface area contributed by atoms with Gasteiger partial charge in [-0.3, -0.25) is 4.79 Å². The van der Waals surface area contributed by atoms with Gasteiger partial charge in [0, 0.05) is 12.6 Å². The summed E-state index contributed by atoms with van der Waals surface area (Å²) in [6.07, 6.45) is 4.76. The molecule has 0 spiro atoms. The van der Waals surface area contributed by atoms with E-state index in [9.17, 15) is 4.79 Å². The Morgan fingerprint density at radius 2 is 1.95 bits per heavy atom.